The van der Waals surface area contributed by atoms with E-state index in [1.807, 2.05) is 0 Å². The monoisotopic (exact) mass is 486 g/mol. The van der Waals surface area contributed by atoms with Crippen molar-refractivity contribution in [1.82, 2.24) is 30.6 Å². The number of aromatic nitrogens is 4. The molecule has 0 saturated heterocycles. The molecule has 0 aliphatic carbocycles. The number of anilines is 2. The Morgan fingerprint density at radius 3 is 2.12 bits per heavy atom. The lowest BCUT2D eigenvalue weighted by atomic mass is 10.2. The molecular weight excluding hydrogens is 464 g/mol. The molecule has 3 aromatic rings. The lowest BCUT2D eigenvalue weighted by molar-refractivity contribution is -0.118. The maximum Gasteiger partial charge on any atom is 0.317 e. The average molecular weight is 487 g/mol. The summed E-state index contributed by atoms with van der Waals surface area (Å²) in [5.74, 6) is 0.178. The molecule has 2 heterocycles. The molecule has 0 unspecified atom stereocenters. The maximum absolute atomic E-state index is 12.2. The number of amides is 2. The minimum atomic E-state index is -0.627. The topological polar surface area (TPSA) is 174 Å². The van der Waals surface area contributed by atoms with Gasteiger partial charge in [-0.25, -0.2) is 15.0 Å². The molecule has 6 N–H and O–H groups in total. The number of carbonyl (C=O) groups is 2. The van der Waals surface area contributed by atoms with Crippen LogP contribution in [0.1, 0.15) is 17.3 Å². The van der Waals surface area contributed by atoms with Crippen molar-refractivity contribution in [2.24, 2.45) is 0 Å². The van der Waals surface area contributed by atoms with Crippen LogP contribution in [0.15, 0.2) is 36.5 Å². The minimum Gasteiger partial charge on any atom is -0.493 e. The van der Waals surface area contributed by atoms with Crippen molar-refractivity contribution >= 4 is 35.1 Å². The summed E-state index contributed by atoms with van der Waals surface area (Å²) < 4.78 is 0. The van der Waals surface area contributed by atoms with Crippen molar-refractivity contribution in [3.63, 3.8) is 0 Å². The Morgan fingerprint density at radius 2 is 1.53 bits per heavy atom. The Bertz CT molecular complexity index is 1160. The number of rotatable bonds is 10. The summed E-state index contributed by atoms with van der Waals surface area (Å²) in [6.07, 6.45) is 1.03. The normalized spacial score (nSPS) is 10.4. The van der Waals surface area contributed by atoms with E-state index in [1.54, 1.807) is 30.3 Å². The zero-order chi connectivity index (χ0) is 24.5. The molecule has 2 amide bonds. The smallest absolute Gasteiger partial charge is 0.317 e. The fourth-order valence-corrected chi connectivity index (χ4v) is 2.90. The Hall–Kier alpha value is -4.19. The average Bonchev–Trinajstić information content (AvgIpc) is 2.80. The number of hydrogen-bond donors (Lipinski definition) is 6. The van der Waals surface area contributed by atoms with Crippen LogP contribution in [-0.2, 0) is 4.79 Å². The standard InChI is InChI=1S/C21H23ClN8O4/c1-12(31)23-6-7-24-16-10-17(29-18(28-16)13-2-4-14(22)5-3-13)25-8-9-26-19(32)15-11-27-21(34)30-20(15)33/h2-5,10-11H,6-9H2,1H3,(H,23,31)(H,26,32)(H2,24,25,28,29)(H2,27,30,33,34). The maximum atomic E-state index is 12.2. The quantitative estimate of drug-likeness (QED) is 0.230. The first-order valence-corrected chi connectivity index (χ1v) is 10.6. The second-order valence-corrected chi connectivity index (χ2v) is 7.41. The summed E-state index contributed by atoms with van der Waals surface area (Å²) >= 11 is 5.97. The van der Waals surface area contributed by atoms with E-state index in [9.17, 15) is 14.7 Å². The molecule has 1 aromatic carbocycles. The van der Waals surface area contributed by atoms with Gasteiger partial charge in [0.1, 0.15) is 17.2 Å². The predicted molar refractivity (Wildman–Crippen MR) is 126 cm³/mol. The molecule has 2 aromatic heterocycles. The largest absolute Gasteiger partial charge is 0.493 e. The highest BCUT2D eigenvalue weighted by Gasteiger charge is 2.13. The van der Waals surface area contributed by atoms with Gasteiger partial charge in [-0.05, 0) is 24.3 Å². The first-order valence-electron chi connectivity index (χ1n) is 10.2. The number of benzene rings is 1. The lowest BCUT2D eigenvalue weighted by Gasteiger charge is -2.12. The van der Waals surface area contributed by atoms with Crippen LogP contribution in [0.3, 0.4) is 0 Å². The van der Waals surface area contributed by atoms with E-state index < -0.39 is 17.8 Å². The van der Waals surface area contributed by atoms with Crippen LogP contribution >= 0.6 is 11.6 Å². The van der Waals surface area contributed by atoms with Crippen molar-refractivity contribution in [2.75, 3.05) is 36.8 Å². The van der Waals surface area contributed by atoms with Crippen LogP contribution in [-0.4, -0.2) is 68.1 Å². The van der Waals surface area contributed by atoms with Crippen LogP contribution in [0, 0.1) is 0 Å². The molecule has 3 rings (SSSR count). The van der Waals surface area contributed by atoms with Crippen LogP contribution < -0.4 is 21.3 Å². The summed E-state index contributed by atoms with van der Waals surface area (Å²) in [7, 11) is 0. The molecule has 12 nitrogen and oxygen atoms in total. The Labute approximate surface area is 199 Å². The summed E-state index contributed by atoms with van der Waals surface area (Å²) in [5, 5.41) is 30.9. The molecule has 0 saturated carbocycles. The number of hydrogen-bond acceptors (Lipinski definition) is 10. The van der Waals surface area contributed by atoms with E-state index in [-0.39, 0.29) is 18.0 Å². The summed E-state index contributed by atoms with van der Waals surface area (Å²) in [6, 6.07) is 8.15. The van der Waals surface area contributed by atoms with Gasteiger partial charge in [-0.3, -0.25) is 9.59 Å². The third-order valence-corrected chi connectivity index (χ3v) is 4.60. The second kappa shape index (κ2) is 11.6. The Kier molecular flexibility index (Phi) is 8.35. The molecule has 0 bridgehead atoms. The first-order chi connectivity index (χ1) is 16.3. The Morgan fingerprint density at radius 1 is 0.912 bits per heavy atom. The molecule has 0 fully saturated rings. The van der Waals surface area contributed by atoms with Crippen molar-refractivity contribution in [1.29, 1.82) is 0 Å². The van der Waals surface area contributed by atoms with Gasteiger partial charge in [0.05, 0.1) is 6.20 Å². The number of nitrogens with one attached hydrogen (secondary N) is 4. The molecule has 0 radical (unpaired) electrons. The zero-order valence-corrected chi connectivity index (χ0v) is 18.9. The van der Waals surface area contributed by atoms with E-state index in [0.717, 1.165) is 11.8 Å². The van der Waals surface area contributed by atoms with E-state index in [1.165, 1.54) is 6.92 Å². The molecule has 34 heavy (non-hydrogen) atoms. The summed E-state index contributed by atoms with van der Waals surface area (Å²) in [5.41, 5.74) is 0.601. The molecule has 178 valence electrons. The first kappa shape index (κ1) is 24.5. The van der Waals surface area contributed by atoms with E-state index >= 15 is 0 Å². The number of aromatic hydroxyl groups is 2. The minimum absolute atomic E-state index is 0.122. The molecule has 13 heteroatoms. The third kappa shape index (κ3) is 7.17. The van der Waals surface area contributed by atoms with Gasteiger partial charge >= 0.3 is 6.01 Å². The summed E-state index contributed by atoms with van der Waals surface area (Å²) in [6.45, 7) is 2.85. The van der Waals surface area contributed by atoms with Gasteiger partial charge in [0.2, 0.25) is 11.8 Å². The van der Waals surface area contributed by atoms with Crippen molar-refractivity contribution in [3.05, 3.63) is 47.1 Å². The van der Waals surface area contributed by atoms with Crippen LogP contribution in [0.4, 0.5) is 11.6 Å². The van der Waals surface area contributed by atoms with Crippen LogP contribution in [0.25, 0.3) is 11.4 Å². The van der Waals surface area contributed by atoms with Crippen molar-refractivity contribution < 1.29 is 19.8 Å². The molecule has 0 spiro atoms. The molecule has 0 aliphatic heterocycles. The highest BCUT2D eigenvalue weighted by Crippen LogP contribution is 2.22. The number of halogens is 1. The van der Waals surface area contributed by atoms with Gasteiger partial charge < -0.3 is 31.5 Å². The SMILES string of the molecule is CC(=O)NCCNc1cc(NCCNC(=O)c2cnc(O)nc2O)nc(-c2ccc(Cl)cc2)n1. The van der Waals surface area contributed by atoms with Gasteiger partial charge in [-0.1, -0.05) is 11.6 Å². The van der Waals surface area contributed by atoms with Gasteiger partial charge in [0.25, 0.3) is 5.91 Å². The van der Waals surface area contributed by atoms with Crippen LogP contribution in [0.5, 0.6) is 11.9 Å². The fraction of sp³-hybridized carbons (Fsp3) is 0.238. The molecule has 0 atom stereocenters. The van der Waals surface area contributed by atoms with E-state index in [0.29, 0.717) is 42.1 Å². The summed E-state index contributed by atoms with van der Waals surface area (Å²) in [4.78, 5) is 39.1. The zero-order valence-electron chi connectivity index (χ0n) is 18.2. The fourth-order valence-electron chi connectivity index (χ4n) is 2.77. The highest BCUT2D eigenvalue weighted by atomic mass is 35.5. The van der Waals surface area contributed by atoms with Gasteiger partial charge in [0, 0.05) is 49.8 Å². The second-order valence-electron chi connectivity index (χ2n) is 6.97. The highest BCUT2D eigenvalue weighted by molar-refractivity contribution is 6.30. The third-order valence-electron chi connectivity index (χ3n) is 4.35. The van der Waals surface area contributed by atoms with Crippen LogP contribution in [0.2, 0.25) is 5.02 Å². The van der Waals surface area contributed by atoms with Gasteiger partial charge in [-0.2, -0.15) is 4.98 Å². The van der Waals surface area contributed by atoms with Gasteiger partial charge in [-0.15, -0.1) is 0 Å². The molecule has 0 aliphatic rings. The van der Waals surface area contributed by atoms with Crippen molar-refractivity contribution in [3.8, 4) is 23.3 Å². The van der Waals surface area contributed by atoms with Gasteiger partial charge in [0.15, 0.2) is 5.82 Å². The number of nitrogens with zero attached hydrogens (tertiary/aromatic N) is 4. The lowest BCUT2D eigenvalue weighted by Crippen LogP contribution is -2.29. The predicted octanol–water partition coefficient (Wildman–Crippen LogP) is 1.39. The number of carbonyl (C=O) groups excluding carboxylic acids is 2. The Balaban J connectivity index is 1.64. The molecular formula is C21H23ClN8O4. The van der Waals surface area contributed by atoms with E-state index in [4.69, 9.17) is 16.7 Å². The van der Waals surface area contributed by atoms with Crippen molar-refractivity contribution in [2.45, 2.75) is 6.92 Å². The van der Waals surface area contributed by atoms with E-state index in [2.05, 4.69) is 41.2 Å².